The van der Waals surface area contributed by atoms with Crippen LogP contribution in [0.5, 0.6) is 0 Å². The number of nitrogens with two attached hydrogens (primary N) is 3. The third kappa shape index (κ3) is 4.73. The molecule has 0 atom stereocenters. The van der Waals surface area contributed by atoms with Gasteiger partial charge < -0.3 is 26.8 Å². The molecule has 24 heavy (non-hydrogen) atoms. The van der Waals surface area contributed by atoms with Crippen LogP contribution in [0.15, 0.2) is 47.0 Å². The van der Waals surface area contributed by atoms with Crippen molar-refractivity contribution in [2.75, 3.05) is 32.0 Å². The summed E-state index contributed by atoms with van der Waals surface area (Å²) in [6.45, 7) is 8.52. The van der Waals surface area contributed by atoms with Gasteiger partial charge in [0.1, 0.15) is 17.5 Å². The number of amidine groups is 1. The van der Waals surface area contributed by atoms with Crippen LogP contribution in [0.2, 0.25) is 0 Å². The largest absolute Gasteiger partial charge is 0.402 e. The molecule has 7 nitrogen and oxygen atoms in total. The number of rotatable bonds is 5. The van der Waals surface area contributed by atoms with Gasteiger partial charge in [-0.05, 0) is 18.1 Å². The molecular weight excluding hydrogens is 304 g/mol. The van der Waals surface area contributed by atoms with Gasteiger partial charge >= 0.3 is 0 Å². The van der Waals surface area contributed by atoms with Gasteiger partial charge in [0.2, 0.25) is 0 Å². The van der Waals surface area contributed by atoms with Gasteiger partial charge in [0.25, 0.3) is 0 Å². The minimum atomic E-state index is 0.258. The summed E-state index contributed by atoms with van der Waals surface area (Å²) in [5, 5.41) is 0. The van der Waals surface area contributed by atoms with Gasteiger partial charge in [0, 0.05) is 37.0 Å². The standard InChI is InChI=1S/C17H26N6O/c1-3-15(19)14(10-13-4-5-16(20)21-11-13)17(22-12(2)18)23-6-8-24-9-7-23/h4-5,11H,2-3,6-10,18-19H2,1H3,(H2,20,21)/b15-14-,22-17+. The van der Waals surface area contributed by atoms with Gasteiger partial charge in [0.05, 0.1) is 13.2 Å². The van der Waals surface area contributed by atoms with Crippen LogP contribution in [-0.4, -0.2) is 42.0 Å². The molecule has 0 saturated carbocycles. The van der Waals surface area contributed by atoms with Gasteiger partial charge in [-0.1, -0.05) is 19.6 Å². The SMILES string of the molecule is C=C(N)/N=C(\C(Cc1ccc(N)nc1)=C(/N)CC)N1CCOCC1. The second-order valence-electron chi connectivity index (χ2n) is 5.65. The zero-order chi connectivity index (χ0) is 17.5. The molecule has 0 bridgehead atoms. The Balaban J connectivity index is 2.38. The Morgan fingerprint density at radius 2 is 2.04 bits per heavy atom. The molecule has 6 N–H and O–H groups in total. The van der Waals surface area contributed by atoms with Gasteiger partial charge in [0.15, 0.2) is 0 Å². The fraction of sp³-hybridized carbons (Fsp3) is 0.412. The normalized spacial score (nSPS) is 16.7. The number of morpholine rings is 1. The second kappa shape index (κ2) is 8.35. The van der Waals surface area contributed by atoms with E-state index in [2.05, 4.69) is 21.5 Å². The first-order chi connectivity index (χ1) is 11.5. The van der Waals surface area contributed by atoms with Gasteiger partial charge in [-0.2, -0.15) is 0 Å². The van der Waals surface area contributed by atoms with Crippen LogP contribution in [0, 0.1) is 0 Å². The maximum atomic E-state index is 6.30. The molecule has 2 heterocycles. The Bertz CT molecular complexity index is 629. The Morgan fingerprint density at radius 1 is 1.33 bits per heavy atom. The summed E-state index contributed by atoms with van der Waals surface area (Å²) in [4.78, 5) is 10.8. The first-order valence-electron chi connectivity index (χ1n) is 8.05. The molecule has 0 unspecified atom stereocenters. The number of hydrogen-bond acceptors (Lipinski definition) is 6. The Morgan fingerprint density at radius 3 is 2.58 bits per heavy atom. The average molecular weight is 330 g/mol. The van der Waals surface area contributed by atoms with Crippen LogP contribution in [0.25, 0.3) is 0 Å². The Labute approximate surface area is 142 Å². The number of anilines is 1. The van der Waals surface area contributed by atoms with Crippen LogP contribution < -0.4 is 17.2 Å². The quantitative estimate of drug-likeness (QED) is 0.548. The average Bonchev–Trinajstić information content (AvgIpc) is 2.59. The topological polar surface area (TPSA) is 116 Å². The Kier molecular flexibility index (Phi) is 6.20. The highest BCUT2D eigenvalue weighted by atomic mass is 16.5. The van der Waals surface area contributed by atoms with Crippen molar-refractivity contribution in [3.63, 3.8) is 0 Å². The molecule has 0 amide bonds. The van der Waals surface area contributed by atoms with E-state index >= 15 is 0 Å². The zero-order valence-corrected chi connectivity index (χ0v) is 14.2. The number of hydrogen-bond donors (Lipinski definition) is 3. The summed E-state index contributed by atoms with van der Waals surface area (Å²) in [7, 11) is 0. The predicted molar refractivity (Wildman–Crippen MR) is 97.0 cm³/mol. The van der Waals surface area contributed by atoms with Crippen molar-refractivity contribution >= 4 is 11.7 Å². The molecule has 0 aromatic carbocycles. The van der Waals surface area contributed by atoms with E-state index in [1.54, 1.807) is 12.3 Å². The summed E-state index contributed by atoms with van der Waals surface area (Å²) in [6.07, 6.45) is 3.08. The van der Waals surface area contributed by atoms with Crippen molar-refractivity contribution in [3.05, 3.63) is 47.6 Å². The molecule has 1 aliphatic heterocycles. The fourth-order valence-corrected chi connectivity index (χ4v) is 2.53. The van der Waals surface area contributed by atoms with E-state index in [4.69, 9.17) is 21.9 Å². The van der Waals surface area contributed by atoms with Crippen molar-refractivity contribution in [3.8, 4) is 0 Å². The molecule has 130 valence electrons. The first-order valence-corrected chi connectivity index (χ1v) is 8.05. The molecule has 0 spiro atoms. The summed E-state index contributed by atoms with van der Waals surface area (Å²) >= 11 is 0. The number of ether oxygens (including phenoxy) is 1. The Hall–Kier alpha value is -2.54. The highest BCUT2D eigenvalue weighted by molar-refractivity contribution is 6.00. The van der Waals surface area contributed by atoms with E-state index in [0.29, 0.717) is 25.5 Å². The monoisotopic (exact) mass is 330 g/mol. The minimum Gasteiger partial charge on any atom is -0.402 e. The number of aromatic nitrogens is 1. The molecule has 0 aliphatic carbocycles. The smallest absolute Gasteiger partial charge is 0.136 e. The van der Waals surface area contributed by atoms with E-state index in [9.17, 15) is 0 Å². The van der Waals surface area contributed by atoms with E-state index in [-0.39, 0.29) is 5.82 Å². The minimum absolute atomic E-state index is 0.258. The summed E-state index contributed by atoms with van der Waals surface area (Å²) < 4.78 is 5.43. The second-order valence-corrected chi connectivity index (χ2v) is 5.65. The lowest BCUT2D eigenvalue weighted by Gasteiger charge is -2.31. The van der Waals surface area contributed by atoms with Gasteiger partial charge in [-0.15, -0.1) is 0 Å². The van der Waals surface area contributed by atoms with Crippen molar-refractivity contribution in [1.82, 2.24) is 9.88 Å². The molecule has 1 aromatic heterocycles. The molecule has 7 heteroatoms. The van der Waals surface area contributed by atoms with Gasteiger partial charge in [-0.3, -0.25) is 0 Å². The molecule has 1 saturated heterocycles. The van der Waals surface area contributed by atoms with Crippen LogP contribution in [0.1, 0.15) is 18.9 Å². The maximum absolute atomic E-state index is 6.30. The van der Waals surface area contributed by atoms with E-state index in [1.165, 1.54) is 0 Å². The number of allylic oxidation sites excluding steroid dienone is 1. The molecule has 2 rings (SSSR count). The third-order valence-electron chi connectivity index (χ3n) is 3.83. The van der Waals surface area contributed by atoms with Crippen molar-refractivity contribution in [2.24, 2.45) is 16.5 Å². The maximum Gasteiger partial charge on any atom is 0.136 e. The molecule has 1 aliphatic rings. The third-order valence-corrected chi connectivity index (χ3v) is 3.83. The highest BCUT2D eigenvalue weighted by Gasteiger charge is 2.21. The van der Waals surface area contributed by atoms with E-state index in [1.807, 2.05) is 13.0 Å². The van der Waals surface area contributed by atoms with E-state index in [0.717, 1.165) is 42.2 Å². The fourth-order valence-electron chi connectivity index (χ4n) is 2.53. The zero-order valence-electron chi connectivity index (χ0n) is 14.2. The first kappa shape index (κ1) is 17.8. The number of nitrogen functional groups attached to an aromatic ring is 1. The summed E-state index contributed by atoms with van der Waals surface area (Å²) in [5.74, 6) is 1.51. The van der Waals surface area contributed by atoms with Crippen molar-refractivity contribution < 1.29 is 4.74 Å². The molecule has 0 radical (unpaired) electrons. The van der Waals surface area contributed by atoms with Crippen molar-refractivity contribution in [2.45, 2.75) is 19.8 Å². The lowest BCUT2D eigenvalue weighted by atomic mass is 10.0. The molecular formula is C17H26N6O. The predicted octanol–water partition coefficient (Wildman–Crippen LogP) is 0.990. The lowest BCUT2D eigenvalue weighted by molar-refractivity contribution is 0.0681. The summed E-state index contributed by atoms with van der Waals surface area (Å²) in [6, 6.07) is 3.72. The molecule has 1 aromatic rings. The van der Waals surface area contributed by atoms with E-state index < -0.39 is 0 Å². The van der Waals surface area contributed by atoms with Crippen LogP contribution >= 0.6 is 0 Å². The lowest BCUT2D eigenvalue weighted by Crippen LogP contribution is -2.42. The number of nitrogens with zero attached hydrogens (tertiary/aromatic N) is 3. The number of pyridine rings is 1. The van der Waals surface area contributed by atoms with Crippen molar-refractivity contribution in [1.29, 1.82) is 0 Å². The summed E-state index contributed by atoms with van der Waals surface area (Å²) in [5.41, 5.74) is 20.5. The number of aliphatic imine (C=N–C) groups is 1. The van der Waals surface area contributed by atoms with Crippen LogP contribution in [0.3, 0.4) is 0 Å². The molecule has 1 fully saturated rings. The highest BCUT2D eigenvalue weighted by Crippen LogP contribution is 2.18. The van der Waals surface area contributed by atoms with Crippen LogP contribution in [-0.2, 0) is 11.2 Å². The van der Waals surface area contributed by atoms with Gasteiger partial charge in [-0.25, -0.2) is 9.98 Å². The van der Waals surface area contributed by atoms with Crippen LogP contribution in [0.4, 0.5) is 5.82 Å².